The van der Waals surface area contributed by atoms with Crippen LogP contribution in [0.2, 0.25) is 0 Å². The third-order valence-electron chi connectivity index (χ3n) is 5.84. The molecule has 0 radical (unpaired) electrons. The highest BCUT2D eigenvalue weighted by Crippen LogP contribution is 2.16. The molecule has 0 saturated heterocycles. The number of anilines is 1. The van der Waals surface area contributed by atoms with Crippen LogP contribution in [0.5, 0.6) is 0 Å². The third-order valence-corrected chi connectivity index (χ3v) is 5.84. The van der Waals surface area contributed by atoms with E-state index in [1.807, 2.05) is 13.8 Å². The van der Waals surface area contributed by atoms with Gasteiger partial charge in [-0.25, -0.2) is 4.79 Å². The van der Waals surface area contributed by atoms with E-state index in [0.29, 0.717) is 40.8 Å². The van der Waals surface area contributed by atoms with E-state index in [9.17, 15) is 24.0 Å². The van der Waals surface area contributed by atoms with Crippen LogP contribution >= 0.6 is 0 Å². The Kier molecular flexibility index (Phi) is 8.01. The maximum absolute atomic E-state index is 12.8. The number of Topliss-reactive ketones (excluding diaryl/α,β-unsaturated/α-hetero) is 1. The summed E-state index contributed by atoms with van der Waals surface area (Å²) in [5.41, 5.74) is 1.22. The van der Waals surface area contributed by atoms with Gasteiger partial charge < -0.3 is 10.6 Å². The van der Waals surface area contributed by atoms with Gasteiger partial charge in [0.05, 0.1) is 10.9 Å². The Hall–Kier alpha value is -4.01. The summed E-state index contributed by atoms with van der Waals surface area (Å²) >= 11 is 0. The van der Waals surface area contributed by atoms with Crippen molar-refractivity contribution in [3.63, 3.8) is 0 Å². The number of nitrogens with one attached hydrogen (secondary N) is 2. The second kappa shape index (κ2) is 10.9. The van der Waals surface area contributed by atoms with E-state index in [1.165, 1.54) is 16.1 Å². The number of benzene rings is 2. The quantitative estimate of drug-likeness (QED) is 0.459. The molecule has 3 aromatic rings. The molecule has 0 saturated carbocycles. The molecule has 9 heteroatoms. The number of hydrogen-bond acceptors (Lipinski definition) is 5. The van der Waals surface area contributed by atoms with Crippen molar-refractivity contribution in [2.45, 2.75) is 47.2 Å². The topological polar surface area (TPSA) is 119 Å². The number of ketones is 1. The van der Waals surface area contributed by atoms with E-state index in [0.717, 1.165) is 0 Å². The monoisotopic (exact) mass is 478 g/mol. The summed E-state index contributed by atoms with van der Waals surface area (Å²) in [5, 5.41) is 5.96. The maximum Gasteiger partial charge on any atom is 0.331 e. The van der Waals surface area contributed by atoms with E-state index >= 15 is 0 Å². The van der Waals surface area contributed by atoms with Crippen molar-refractivity contribution in [3.8, 4) is 0 Å². The fraction of sp³-hybridized carbons (Fsp3) is 0.346. The lowest BCUT2D eigenvalue weighted by Gasteiger charge is -2.14. The van der Waals surface area contributed by atoms with E-state index < -0.39 is 0 Å². The zero-order valence-corrected chi connectivity index (χ0v) is 20.4. The van der Waals surface area contributed by atoms with Gasteiger partial charge in [-0.15, -0.1) is 0 Å². The van der Waals surface area contributed by atoms with Crippen molar-refractivity contribution in [1.82, 2.24) is 14.5 Å². The fourth-order valence-corrected chi connectivity index (χ4v) is 3.91. The summed E-state index contributed by atoms with van der Waals surface area (Å²) in [6, 6.07) is 11.3. The number of carbonyl (C=O) groups is 3. The molecule has 0 aliphatic rings. The Morgan fingerprint density at radius 3 is 2.14 bits per heavy atom. The SMILES string of the molecule is CCn1c(=O)c2cc(NC(=O)CC(C)CNC(=O)c3ccc(C(C)=O)cc3)ccc2n(CC)c1=O. The first-order valence-corrected chi connectivity index (χ1v) is 11.6. The van der Waals surface area contributed by atoms with E-state index in [-0.39, 0.29) is 47.7 Å². The van der Waals surface area contributed by atoms with Crippen LogP contribution < -0.4 is 21.9 Å². The highest BCUT2D eigenvalue weighted by atomic mass is 16.2. The normalized spacial score (nSPS) is 11.8. The molecule has 9 nitrogen and oxygen atoms in total. The molecular weight excluding hydrogens is 448 g/mol. The predicted octanol–water partition coefficient (Wildman–Crippen LogP) is 2.80. The molecule has 0 aliphatic heterocycles. The lowest BCUT2D eigenvalue weighted by molar-refractivity contribution is -0.116. The zero-order valence-electron chi connectivity index (χ0n) is 20.4. The van der Waals surface area contributed by atoms with Gasteiger partial charge in [-0.05, 0) is 57.0 Å². The van der Waals surface area contributed by atoms with Gasteiger partial charge in [-0.3, -0.25) is 28.3 Å². The van der Waals surface area contributed by atoms with Crippen LogP contribution in [-0.2, 0) is 17.9 Å². The lowest BCUT2D eigenvalue weighted by Crippen LogP contribution is -2.39. The van der Waals surface area contributed by atoms with E-state index in [4.69, 9.17) is 0 Å². The number of hydrogen-bond donors (Lipinski definition) is 2. The smallest absolute Gasteiger partial charge is 0.331 e. The highest BCUT2D eigenvalue weighted by Gasteiger charge is 2.15. The number of nitrogens with zero attached hydrogens (tertiary/aromatic N) is 2. The van der Waals surface area contributed by atoms with Gasteiger partial charge in [-0.2, -0.15) is 0 Å². The maximum atomic E-state index is 12.8. The minimum Gasteiger partial charge on any atom is -0.352 e. The molecule has 2 N–H and O–H groups in total. The minimum atomic E-state index is -0.388. The largest absolute Gasteiger partial charge is 0.352 e. The van der Waals surface area contributed by atoms with Crippen LogP contribution in [-0.4, -0.2) is 33.3 Å². The minimum absolute atomic E-state index is 0.0706. The van der Waals surface area contributed by atoms with Gasteiger partial charge in [0, 0.05) is 42.9 Å². The van der Waals surface area contributed by atoms with Crippen molar-refractivity contribution in [3.05, 3.63) is 74.4 Å². The van der Waals surface area contributed by atoms with E-state index in [2.05, 4.69) is 10.6 Å². The van der Waals surface area contributed by atoms with E-state index in [1.54, 1.807) is 49.4 Å². The Labute approximate surface area is 202 Å². The average Bonchev–Trinajstić information content (AvgIpc) is 2.83. The molecule has 2 amide bonds. The second-order valence-electron chi connectivity index (χ2n) is 8.51. The van der Waals surface area contributed by atoms with Gasteiger partial charge in [0.1, 0.15) is 0 Å². The number of rotatable bonds is 9. The third kappa shape index (κ3) is 5.74. The van der Waals surface area contributed by atoms with Gasteiger partial charge in [0.2, 0.25) is 5.91 Å². The summed E-state index contributed by atoms with van der Waals surface area (Å²) in [4.78, 5) is 61.5. The summed E-state index contributed by atoms with van der Waals surface area (Å²) < 4.78 is 2.71. The molecule has 0 fully saturated rings. The number of aryl methyl sites for hydroxylation is 1. The Morgan fingerprint density at radius 2 is 1.54 bits per heavy atom. The number of aromatic nitrogens is 2. The first-order valence-electron chi connectivity index (χ1n) is 11.6. The predicted molar refractivity (Wildman–Crippen MR) is 135 cm³/mol. The van der Waals surface area contributed by atoms with Gasteiger partial charge >= 0.3 is 5.69 Å². The summed E-state index contributed by atoms with van der Waals surface area (Å²) in [5.74, 6) is -0.746. The van der Waals surface area contributed by atoms with Crippen LogP contribution in [0.25, 0.3) is 10.9 Å². The van der Waals surface area contributed by atoms with Crippen molar-refractivity contribution in [2.24, 2.45) is 5.92 Å². The van der Waals surface area contributed by atoms with Crippen LogP contribution in [0.3, 0.4) is 0 Å². The van der Waals surface area contributed by atoms with Gasteiger partial charge in [-0.1, -0.05) is 19.1 Å². The molecule has 1 aromatic heterocycles. The molecule has 2 aromatic carbocycles. The van der Waals surface area contributed by atoms with Crippen molar-refractivity contribution >= 4 is 34.2 Å². The number of fused-ring (bicyclic) bond motifs is 1. The molecule has 35 heavy (non-hydrogen) atoms. The van der Waals surface area contributed by atoms with Crippen LogP contribution in [0.15, 0.2) is 52.1 Å². The van der Waals surface area contributed by atoms with Crippen molar-refractivity contribution in [1.29, 1.82) is 0 Å². The molecule has 0 bridgehead atoms. The molecule has 3 rings (SSSR count). The van der Waals surface area contributed by atoms with Crippen molar-refractivity contribution < 1.29 is 14.4 Å². The zero-order chi connectivity index (χ0) is 25.7. The molecule has 0 aliphatic carbocycles. The number of carbonyl (C=O) groups excluding carboxylic acids is 3. The first-order chi connectivity index (χ1) is 16.7. The molecule has 184 valence electrons. The van der Waals surface area contributed by atoms with Crippen LogP contribution in [0, 0.1) is 5.92 Å². The molecule has 1 unspecified atom stereocenters. The highest BCUT2D eigenvalue weighted by molar-refractivity contribution is 5.98. The Balaban J connectivity index is 1.64. The summed E-state index contributed by atoms with van der Waals surface area (Å²) in [6.45, 7) is 7.86. The molecule has 0 spiro atoms. The summed E-state index contributed by atoms with van der Waals surface area (Å²) in [7, 11) is 0. The molecule has 1 heterocycles. The number of amides is 2. The first kappa shape index (κ1) is 25.6. The standard InChI is InChI=1S/C26H30N4O5/c1-5-29-22-12-11-20(14-21(22)25(34)30(6-2)26(29)35)28-23(32)13-16(3)15-27-24(33)19-9-7-18(8-10-19)17(4)31/h7-12,14,16H,5-6,13,15H2,1-4H3,(H,27,33)(H,28,32). The van der Waals surface area contributed by atoms with Crippen molar-refractivity contribution in [2.75, 3.05) is 11.9 Å². The molecular formula is C26H30N4O5. The van der Waals surface area contributed by atoms with Gasteiger partial charge in [0.25, 0.3) is 11.5 Å². The van der Waals surface area contributed by atoms with Crippen LogP contribution in [0.4, 0.5) is 5.69 Å². The Bertz CT molecular complexity index is 1390. The fourth-order valence-electron chi connectivity index (χ4n) is 3.91. The lowest BCUT2D eigenvalue weighted by atomic mass is 10.1. The van der Waals surface area contributed by atoms with Gasteiger partial charge in [0.15, 0.2) is 5.78 Å². The summed E-state index contributed by atoms with van der Waals surface area (Å²) in [6.07, 6.45) is 0.162. The Morgan fingerprint density at radius 1 is 0.914 bits per heavy atom. The average molecular weight is 479 g/mol. The molecule has 1 atom stereocenters. The van der Waals surface area contributed by atoms with Crippen LogP contribution in [0.1, 0.15) is 54.8 Å². The second-order valence-corrected chi connectivity index (χ2v) is 8.51.